The van der Waals surface area contributed by atoms with Crippen LogP contribution in [0.5, 0.6) is 0 Å². The first-order chi connectivity index (χ1) is 11.3. The van der Waals surface area contributed by atoms with Gasteiger partial charge in [-0.3, -0.25) is 4.79 Å². The molecule has 4 rings (SSSR count). The van der Waals surface area contributed by atoms with Crippen LogP contribution in [0.25, 0.3) is 11.0 Å². The summed E-state index contributed by atoms with van der Waals surface area (Å²) in [5.41, 5.74) is -0.788. The standard InChI is InChI=1S/C15H11F2N3O3S/c16-15(17)6-11(15)10-7-20(13-12(10)14(21)19-8-18-13)24(22,23)9-4-2-1-3-5-9/h1-5,7-8,11H,6H2,(H,18,19,21). The van der Waals surface area contributed by atoms with Gasteiger partial charge in [0.25, 0.3) is 21.5 Å². The van der Waals surface area contributed by atoms with Crippen molar-refractivity contribution < 1.29 is 17.2 Å². The summed E-state index contributed by atoms with van der Waals surface area (Å²) in [7, 11) is -4.05. The molecule has 2 aromatic heterocycles. The number of nitrogens with one attached hydrogen (secondary N) is 1. The molecule has 1 aliphatic rings. The molecule has 1 atom stereocenters. The first-order valence-electron chi connectivity index (χ1n) is 7.09. The molecule has 24 heavy (non-hydrogen) atoms. The maximum atomic E-state index is 13.5. The quantitative estimate of drug-likeness (QED) is 0.783. The van der Waals surface area contributed by atoms with Gasteiger partial charge in [-0.15, -0.1) is 0 Å². The Labute approximate surface area is 134 Å². The number of halogens is 2. The van der Waals surface area contributed by atoms with Crippen molar-refractivity contribution in [3.63, 3.8) is 0 Å². The fraction of sp³-hybridized carbons (Fsp3) is 0.200. The van der Waals surface area contributed by atoms with Crippen LogP contribution in [0.3, 0.4) is 0 Å². The first kappa shape index (κ1) is 15.0. The smallest absolute Gasteiger partial charge is 0.269 e. The van der Waals surface area contributed by atoms with Gasteiger partial charge in [0.15, 0.2) is 5.65 Å². The zero-order chi connectivity index (χ0) is 17.1. The molecule has 1 aromatic carbocycles. The molecule has 124 valence electrons. The third-order valence-corrected chi connectivity index (χ3v) is 5.75. The normalized spacial score (nSPS) is 19.5. The topological polar surface area (TPSA) is 84.8 Å². The van der Waals surface area contributed by atoms with Crippen molar-refractivity contribution in [3.8, 4) is 0 Å². The van der Waals surface area contributed by atoms with E-state index in [1.54, 1.807) is 18.2 Å². The van der Waals surface area contributed by atoms with Crippen molar-refractivity contribution in [2.75, 3.05) is 0 Å². The molecular weight excluding hydrogens is 340 g/mol. The molecule has 1 unspecified atom stereocenters. The Morgan fingerprint density at radius 2 is 1.92 bits per heavy atom. The van der Waals surface area contributed by atoms with Gasteiger partial charge in [-0.2, -0.15) is 0 Å². The van der Waals surface area contributed by atoms with E-state index in [9.17, 15) is 22.0 Å². The van der Waals surface area contributed by atoms with E-state index in [0.717, 1.165) is 16.5 Å². The molecule has 1 fully saturated rings. The molecule has 2 heterocycles. The third-order valence-electron chi connectivity index (χ3n) is 4.09. The van der Waals surface area contributed by atoms with Crippen molar-refractivity contribution in [1.82, 2.24) is 13.9 Å². The van der Waals surface area contributed by atoms with E-state index >= 15 is 0 Å². The van der Waals surface area contributed by atoms with E-state index in [0.29, 0.717) is 0 Å². The van der Waals surface area contributed by atoms with Crippen LogP contribution in [0, 0.1) is 0 Å². The maximum absolute atomic E-state index is 13.5. The van der Waals surface area contributed by atoms with Crippen molar-refractivity contribution in [2.24, 2.45) is 0 Å². The Bertz CT molecular complexity index is 1100. The van der Waals surface area contributed by atoms with Gasteiger partial charge in [0.1, 0.15) is 0 Å². The molecule has 0 spiro atoms. The molecule has 1 aliphatic carbocycles. The van der Waals surface area contributed by atoms with Crippen LogP contribution < -0.4 is 5.56 Å². The fourth-order valence-electron chi connectivity index (χ4n) is 2.77. The Hall–Kier alpha value is -2.55. The van der Waals surface area contributed by atoms with Gasteiger partial charge in [0.2, 0.25) is 0 Å². The lowest BCUT2D eigenvalue weighted by atomic mass is 10.1. The van der Waals surface area contributed by atoms with E-state index in [2.05, 4.69) is 9.97 Å². The zero-order valence-electron chi connectivity index (χ0n) is 12.1. The predicted molar refractivity (Wildman–Crippen MR) is 81.7 cm³/mol. The Kier molecular flexibility index (Phi) is 2.96. The van der Waals surface area contributed by atoms with Crippen molar-refractivity contribution in [1.29, 1.82) is 0 Å². The average Bonchev–Trinajstić information content (AvgIpc) is 3.01. The van der Waals surface area contributed by atoms with E-state index in [4.69, 9.17) is 0 Å². The number of hydrogen-bond acceptors (Lipinski definition) is 4. The first-order valence-corrected chi connectivity index (χ1v) is 8.53. The summed E-state index contributed by atoms with van der Waals surface area (Å²) in [5.74, 6) is -4.10. The van der Waals surface area contributed by atoms with E-state index in [1.807, 2.05) is 0 Å². The fourth-order valence-corrected chi connectivity index (χ4v) is 4.12. The van der Waals surface area contributed by atoms with Gasteiger partial charge in [0.05, 0.1) is 22.5 Å². The molecular formula is C15H11F2N3O3S. The molecule has 1 N–H and O–H groups in total. The number of benzene rings is 1. The number of aromatic amines is 1. The highest BCUT2D eigenvalue weighted by Gasteiger charge is 2.59. The lowest BCUT2D eigenvalue weighted by Crippen LogP contribution is -2.14. The molecule has 0 amide bonds. The van der Waals surface area contributed by atoms with E-state index < -0.39 is 33.8 Å². The minimum Gasteiger partial charge on any atom is -0.312 e. The zero-order valence-corrected chi connectivity index (χ0v) is 12.9. The number of alkyl halides is 2. The van der Waals surface area contributed by atoms with Crippen LogP contribution in [0.15, 0.2) is 52.5 Å². The number of aromatic nitrogens is 3. The molecule has 0 aliphatic heterocycles. The van der Waals surface area contributed by atoms with Gasteiger partial charge in [-0.05, 0) is 17.7 Å². The second-order valence-electron chi connectivity index (χ2n) is 5.65. The Balaban J connectivity index is 2.01. The van der Waals surface area contributed by atoms with Gasteiger partial charge < -0.3 is 4.98 Å². The molecule has 1 saturated carbocycles. The van der Waals surface area contributed by atoms with Gasteiger partial charge in [0, 0.05) is 12.6 Å². The summed E-state index contributed by atoms with van der Waals surface area (Å²) in [6, 6.07) is 7.54. The second kappa shape index (κ2) is 4.73. The van der Waals surface area contributed by atoms with Crippen LogP contribution in [0.1, 0.15) is 17.9 Å². The van der Waals surface area contributed by atoms with Crippen molar-refractivity contribution in [2.45, 2.75) is 23.2 Å². The van der Waals surface area contributed by atoms with Crippen LogP contribution in [0.4, 0.5) is 8.78 Å². The van der Waals surface area contributed by atoms with Gasteiger partial charge in [-0.25, -0.2) is 26.2 Å². The molecule has 0 radical (unpaired) electrons. The largest absolute Gasteiger partial charge is 0.312 e. The van der Waals surface area contributed by atoms with Crippen LogP contribution in [-0.4, -0.2) is 28.3 Å². The van der Waals surface area contributed by atoms with E-state index in [1.165, 1.54) is 12.1 Å². The molecule has 9 heteroatoms. The SMILES string of the molecule is O=c1[nH]cnc2c1c(C1CC1(F)F)cn2S(=O)(=O)c1ccccc1. The number of hydrogen-bond donors (Lipinski definition) is 1. The van der Waals surface area contributed by atoms with Gasteiger partial charge in [-0.1, -0.05) is 18.2 Å². The molecule has 3 aromatic rings. The Morgan fingerprint density at radius 3 is 2.54 bits per heavy atom. The summed E-state index contributed by atoms with van der Waals surface area (Å²) in [6.07, 6.45) is 1.73. The van der Waals surface area contributed by atoms with Crippen LogP contribution in [0.2, 0.25) is 0 Å². The average molecular weight is 351 g/mol. The van der Waals surface area contributed by atoms with Gasteiger partial charge >= 0.3 is 0 Å². The number of rotatable bonds is 3. The number of H-pyrrole nitrogens is 1. The molecule has 6 nitrogen and oxygen atoms in total. The maximum Gasteiger partial charge on any atom is 0.269 e. The third kappa shape index (κ3) is 2.08. The van der Waals surface area contributed by atoms with Crippen LogP contribution in [-0.2, 0) is 10.0 Å². The monoisotopic (exact) mass is 351 g/mol. The highest BCUT2D eigenvalue weighted by molar-refractivity contribution is 7.90. The lowest BCUT2D eigenvalue weighted by molar-refractivity contribution is 0.112. The summed E-state index contributed by atoms with van der Waals surface area (Å²) in [4.78, 5) is 18.3. The number of nitrogens with zero attached hydrogens (tertiary/aromatic N) is 2. The Morgan fingerprint density at radius 1 is 1.25 bits per heavy atom. The minimum atomic E-state index is -4.05. The summed E-state index contributed by atoms with van der Waals surface area (Å²) in [6.45, 7) is 0. The van der Waals surface area contributed by atoms with Crippen molar-refractivity contribution >= 4 is 21.1 Å². The summed E-state index contributed by atoms with van der Waals surface area (Å²) in [5, 5.41) is -0.112. The summed E-state index contributed by atoms with van der Waals surface area (Å²) >= 11 is 0. The minimum absolute atomic E-state index is 0.00357. The highest BCUT2D eigenvalue weighted by Crippen LogP contribution is 2.57. The van der Waals surface area contributed by atoms with Crippen LogP contribution >= 0.6 is 0 Å². The molecule has 0 saturated heterocycles. The second-order valence-corrected chi connectivity index (χ2v) is 7.46. The predicted octanol–water partition coefficient (Wildman–Crippen LogP) is 2.08. The molecule has 0 bridgehead atoms. The lowest BCUT2D eigenvalue weighted by Gasteiger charge is -2.06. The summed E-state index contributed by atoms with van der Waals surface area (Å²) < 4.78 is 53.4. The van der Waals surface area contributed by atoms with E-state index in [-0.39, 0.29) is 21.5 Å². The highest BCUT2D eigenvalue weighted by atomic mass is 32.2. The van der Waals surface area contributed by atoms with Crippen molar-refractivity contribution in [3.05, 3.63) is 58.8 Å². The number of fused-ring (bicyclic) bond motifs is 1.